The molecule has 3 aromatic rings. The molecule has 2 aromatic carbocycles. The Morgan fingerprint density at radius 2 is 1.76 bits per heavy atom. The van der Waals surface area contributed by atoms with Gasteiger partial charge in [-0.3, -0.25) is 0 Å². The van der Waals surface area contributed by atoms with Gasteiger partial charge in [0.1, 0.15) is 23.0 Å². The average Bonchev–Trinajstić information content (AvgIpc) is 3.09. The summed E-state index contributed by atoms with van der Waals surface area (Å²) in [4.78, 5) is 16.8. The van der Waals surface area contributed by atoms with Crippen molar-refractivity contribution in [2.75, 3.05) is 18.5 Å². The summed E-state index contributed by atoms with van der Waals surface area (Å²) >= 11 is 0. The van der Waals surface area contributed by atoms with E-state index < -0.39 is 0 Å². The third-order valence-corrected chi connectivity index (χ3v) is 4.16. The van der Waals surface area contributed by atoms with Gasteiger partial charge in [-0.25, -0.2) is 9.78 Å². The van der Waals surface area contributed by atoms with Crippen molar-refractivity contribution >= 4 is 11.7 Å². The van der Waals surface area contributed by atoms with Crippen LogP contribution in [0, 0.1) is 6.92 Å². The summed E-state index contributed by atoms with van der Waals surface area (Å²) in [6, 6.07) is 14.5. The van der Waals surface area contributed by atoms with Crippen LogP contribution in [0.15, 0.2) is 52.9 Å². The van der Waals surface area contributed by atoms with Crippen molar-refractivity contribution in [3.05, 3.63) is 60.0 Å². The molecule has 0 saturated carbocycles. The number of para-hydroxylation sites is 2. The molecule has 0 saturated heterocycles. The first kappa shape index (κ1) is 20.3. The van der Waals surface area contributed by atoms with Gasteiger partial charge in [0.25, 0.3) is 0 Å². The molecule has 0 aliphatic heterocycles. The maximum Gasteiger partial charge on any atom is 0.319 e. The molecular formula is C22H25N3O4. The number of amides is 2. The second kappa shape index (κ2) is 9.64. The highest BCUT2D eigenvalue weighted by atomic mass is 16.5. The van der Waals surface area contributed by atoms with Crippen molar-refractivity contribution in [2.45, 2.75) is 27.3 Å². The largest absolute Gasteiger partial charge is 0.494 e. The number of aromatic nitrogens is 1. The lowest BCUT2D eigenvalue weighted by molar-refractivity contribution is 0.251. The van der Waals surface area contributed by atoms with Crippen LogP contribution in [-0.4, -0.2) is 24.2 Å². The van der Waals surface area contributed by atoms with E-state index in [0.717, 1.165) is 11.3 Å². The molecule has 0 fully saturated rings. The standard InChI is InChI=1S/C22H25N3O4/c1-4-27-17-12-10-16(11-13-17)21-24-19(15(3)29-21)14-23-22(26)25-18-8-6-7-9-20(18)28-5-2/h6-13H,4-5,14H2,1-3H3,(H2,23,25,26). The number of nitrogens with one attached hydrogen (secondary N) is 2. The van der Waals surface area contributed by atoms with Crippen LogP contribution < -0.4 is 20.1 Å². The molecule has 0 bridgehead atoms. The van der Waals surface area contributed by atoms with Crippen molar-refractivity contribution in [3.63, 3.8) is 0 Å². The molecule has 2 amide bonds. The van der Waals surface area contributed by atoms with Crippen LogP contribution in [0.1, 0.15) is 25.3 Å². The first-order valence-corrected chi connectivity index (χ1v) is 9.57. The number of ether oxygens (including phenoxy) is 2. The average molecular weight is 395 g/mol. The number of rotatable bonds is 8. The highest BCUT2D eigenvalue weighted by molar-refractivity contribution is 5.90. The van der Waals surface area contributed by atoms with Gasteiger partial charge < -0.3 is 24.5 Å². The normalized spacial score (nSPS) is 10.4. The molecule has 0 radical (unpaired) electrons. The zero-order valence-corrected chi connectivity index (χ0v) is 16.8. The Kier molecular flexibility index (Phi) is 6.73. The molecule has 0 aliphatic carbocycles. The fraction of sp³-hybridized carbons (Fsp3) is 0.273. The maximum absolute atomic E-state index is 12.3. The number of nitrogens with zero attached hydrogens (tertiary/aromatic N) is 1. The van der Waals surface area contributed by atoms with E-state index in [-0.39, 0.29) is 12.6 Å². The summed E-state index contributed by atoms with van der Waals surface area (Å²) in [7, 11) is 0. The van der Waals surface area contributed by atoms with Crippen LogP contribution in [0.25, 0.3) is 11.5 Å². The minimum Gasteiger partial charge on any atom is -0.494 e. The van der Waals surface area contributed by atoms with Crippen LogP contribution in [0.4, 0.5) is 10.5 Å². The zero-order valence-electron chi connectivity index (χ0n) is 16.8. The van der Waals surface area contributed by atoms with E-state index in [1.165, 1.54) is 0 Å². The van der Waals surface area contributed by atoms with Gasteiger partial charge in [-0.2, -0.15) is 0 Å². The predicted molar refractivity (Wildman–Crippen MR) is 111 cm³/mol. The highest BCUT2D eigenvalue weighted by Gasteiger charge is 2.13. The number of carbonyl (C=O) groups excluding carboxylic acids is 1. The molecule has 1 heterocycles. The Morgan fingerprint density at radius 3 is 2.48 bits per heavy atom. The lowest BCUT2D eigenvalue weighted by atomic mass is 10.2. The lowest BCUT2D eigenvalue weighted by Gasteiger charge is -2.11. The van der Waals surface area contributed by atoms with Crippen molar-refractivity contribution in [1.29, 1.82) is 0 Å². The smallest absolute Gasteiger partial charge is 0.319 e. The predicted octanol–water partition coefficient (Wildman–Crippen LogP) is 4.77. The number of carbonyl (C=O) groups is 1. The Hall–Kier alpha value is -3.48. The van der Waals surface area contributed by atoms with E-state index in [1.807, 2.05) is 63.2 Å². The van der Waals surface area contributed by atoms with Gasteiger partial charge in [-0.1, -0.05) is 12.1 Å². The van der Waals surface area contributed by atoms with Crippen LogP contribution in [0.3, 0.4) is 0 Å². The summed E-state index contributed by atoms with van der Waals surface area (Å²) in [5.74, 6) is 2.58. The monoisotopic (exact) mass is 395 g/mol. The molecule has 3 rings (SSSR count). The van der Waals surface area contributed by atoms with E-state index in [9.17, 15) is 4.79 Å². The molecule has 152 valence electrons. The van der Waals surface area contributed by atoms with Crippen LogP contribution in [-0.2, 0) is 6.54 Å². The van der Waals surface area contributed by atoms with Crippen molar-refractivity contribution in [3.8, 4) is 23.0 Å². The molecule has 1 aromatic heterocycles. The SMILES string of the molecule is CCOc1ccc(-c2nc(CNC(=O)Nc3ccccc3OCC)c(C)o2)cc1. The Labute approximate surface area is 170 Å². The van der Waals surface area contributed by atoms with Gasteiger partial charge in [0.2, 0.25) is 5.89 Å². The fourth-order valence-electron chi connectivity index (χ4n) is 2.76. The van der Waals surface area contributed by atoms with E-state index in [4.69, 9.17) is 13.9 Å². The second-order valence-corrected chi connectivity index (χ2v) is 6.22. The molecule has 0 atom stereocenters. The zero-order chi connectivity index (χ0) is 20.6. The summed E-state index contributed by atoms with van der Waals surface area (Å²) in [5.41, 5.74) is 2.12. The number of hydrogen-bond donors (Lipinski definition) is 2. The third-order valence-electron chi connectivity index (χ3n) is 4.16. The minimum absolute atomic E-state index is 0.245. The second-order valence-electron chi connectivity index (χ2n) is 6.22. The molecule has 0 spiro atoms. The highest BCUT2D eigenvalue weighted by Crippen LogP contribution is 2.25. The van der Waals surface area contributed by atoms with Gasteiger partial charge in [0.05, 0.1) is 25.4 Å². The number of oxazole rings is 1. The molecule has 2 N–H and O–H groups in total. The number of anilines is 1. The Bertz CT molecular complexity index is 951. The minimum atomic E-state index is -0.345. The summed E-state index contributed by atoms with van der Waals surface area (Å²) < 4.78 is 16.7. The van der Waals surface area contributed by atoms with Gasteiger partial charge >= 0.3 is 6.03 Å². The first-order valence-electron chi connectivity index (χ1n) is 9.57. The molecular weight excluding hydrogens is 370 g/mol. The van der Waals surface area contributed by atoms with Crippen molar-refractivity contribution in [1.82, 2.24) is 10.3 Å². The first-order chi connectivity index (χ1) is 14.1. The van der Waals surface area contributed by atoms with E-state index >= 15 is 0 Å². The van der Waals surface area contributed by atoms with Gasteiger partial charge in [0.15, 0.2) is 0 Å². The molecule has 7 heteroatoms. The summed E-state index contributed by atoms with van der Waals surface area (Å²) in [6.45, 7) is 7.04. The Morgan fingerprint density at radius 1 is 1.03 bits per heavy atom. The molecule has 0 aliphatic rings. The van der Waals surface area contributed by atoms with Crippen molar-refractivity contribution < 1.29 is 18.7 Å². The maximum atomic E-state index is 12.3. The third kappa shape index (κ3) is 5.28. The number of benzene rings is 2. The topological polar surface area (TPSA) is 85.6 Å². The molecule has 29 heavy (non-hydrogen) atoms. The van der Waals surface area contributed by atoms with Crippen molar-refractivity contribution in [2.24, 2.45) is 0 Å². The number of aryl methyl sites for hydroxylation is 1. The lowest BCUT2D eigenvalue weighted by Crippen LogP contribution is -2.28. The van der Waals surface area contributed by atoms with E-state index in [0.29, 0.717) is 42.0 Å². The van der Waals surface area contributed by atoms with Crippen LogP contribution >= 0.6 is 0 Å². The van der Waals surface area contributed by atoms with Crippen LogP contribution in [0.5, 0.6) is 11.5 Å². The summed E-state index contributed by atoms with van der Waals surface area (Å²) in [6.07, 6.45) is 0. The van der Waals surface area contributed by atoms with E-state index in [1.54, 1.807) is 6.07 Å². The van der Waals surface area contributed by atoms with Crippen LogP contribution in [0.2, 0.25) is 0 Å². The molecule has 0 unspecified atom stereocenters. The summed E-state index contributed by atoms with van der Waals surface area (Å²) in [5, 5.41) is 5.59. The Balaban J connectivity index is 1.62. The van der Waals surface area contributed by atoms with Gasteiger partial charge in [0, 0.05) is 5.56 Å². The van der Waals surface area contributed by atoms with Gasteiger partial charge in [-0.15, -0.1) is 0 Å². The molecule has 7 nitrogen and oxygen atoms in total. The number of hydrogen-bond acceptors (Lipinski definition) is 5. The quantitative estimate of drug-likeness (QED) is 0.574. The van der Waals surface area contributed by atoms with Gasteiger partial charge in [-0.05, 0) is 57.2 Å². The fourth-order valence-corrected chi connectivity index (χ4v) is 2.76. The number of urea groups is 1. The van der Waals surface area contributed by atoms with E-state index in [2.05, 4.69) is 15.6 Å².